The molecule has 0 fully saturated rings. The zero-order valence-corrected chi connectivity index (χ0v) is 81.0. The number of nitrogens with zero attached hydrogens (tertiary/aromatic N) is 16. The summed E-state index contributed by atoms with van der Waals surface area (Å²) in [5.74, 6) is 0. The Balaban J connectivity index is 0.000000114. The number of fused-ring (bicyclic) bond motifs is 21. The van der Waals surface area contributed by atoms with Crippen molar-refractivity contribution in [2.45, 2.75) is 0 Å². The Bertz CT molecular complexity index is 9470. The van der Waals surface area contributed by atoms with Gasteiger partial charge in [0.2, 0.25) is 0 Å². The number of benzene rings is 23. The molecule has 0 aliphatic carbocycles. The maximum atomic E-state index is 5.69. The first-order valence-corrected chi connectivity index (χ1v) is 50.8. The lowest BCUT2D eigenvalue weighted by molar-refractivity contribution is 1.26. The van der Waals surface area contributed by atoms with Crippen LogP contribution in [-0.4, -0.2) is 56.1 Å². The molecule has 0 saturated heterocycles. The van der Waals surface area contributed by atoms with Gasteiger partial charge in [-0.15, -0.1) is 0 Å². The van der Waals surface area contributed by atoms with Crippen LogP contribution in [0.1, 0.15) is 0 Å². The van der Waals surface area contributed by atoms with E-state index in [9.17, 15) is 0 Å². The van der Waals surface area contributed by atoms with Crippen molar-refractivity contribution in [2.75, 3.05) is 19.6 Å². The molecule has 0 spiro atoms. The van der Waals surface area contributed by atoms with Gasteiger partial charge in [-0.3, -0.25) is 0 Å². The number of aromatic nitrogens is 12. The molecule has 16 nitrogen and oxygen atoms in total. The molecule has 29 aromatic rings. The molecule has 690 valence electrons. The Morgan fingerprint density at radius 2 is 0.340 bits per heavy atom. The standard InChI is InChI=1S/C56H36N6S.C44H28N6S.C28H16N4S/c1-5-17-39(18-6-1)61(40-19-7-2-8-20-40)43-33-29-37(30-34-43)49-53-54(58-52-48-28-16-14-26-46(48)45-25-13-15-27-47(45)51(52)57-53)50(56-55(49)59-63-60-56)38-31-35-44(36-32-38)62(41-21-9-3-10-22-41)42-23-11-4-12-24-42;1-5-17-29(18-6-1)49(30-19-7-2-8-20-30)43-39-40(46-38-36-28-16-14-26-34(36)33-25-13-15-27-35(33)37(38)45-39)44(42-41(43)47-51-48-42)50(31-21-9-3-10-22-31)32-23-11-4-12-24-32;1-3-10-18(11-4-1)22-25-26(23(19-12-5-2-6-13-19)28-27(22)31-33-32-28)30-24-20-14-8-7-9-17(20)15-16-21(24)29-25/h1-36H;1-28H;1-16H. The van der Waals surface area contributed by atoms with E-state index >= 15 is 0 Å². The summed E-state index contributed by atoms with van der Waals surface area (Å²) < 4.78 is 29.7. The molecule has 0 atom stereocenters. The minimum absolute atomic E-state index is 0.739. The van der Waals surface area contributed by atoms with Crippen LogP contribution >= 0.6 is 35.2 Å². The predicted molar refractivity (Wildman–Crippen MR) is 612 cm³/mol. The quantitative estimate of drug-likeness (QED) is 0.0508. The minimum atomic E-state index is 0.739. The number of anilines is 12. The van der Waals surface area contributed by atoms with Gasteiger partial charge in [0.05, 0.1) is 68.3 Å². The van der Waals surface area contributed by atoms with E-state index < -0.39 is 0 Å². The summed E-state index contributed by atoms with van der Waals surface area (Å²) in [7, 11) is 0. The van der Waals surface area contributed by atoms with E-state index in [0.717, 1.165) is 266 Å². The largest absolute Gasteiger partial charge is 0.311 e. The molecule has 147 heavy (non-hydrogen) atoms. The topological polar surface area (TPSA) is 168 Å². The van der Waals surface area contributed by atoms with Gasteiger partial charge in [-0.05, 0) is 177 Å². The number of para-hydroxylation sites is 8. The summed E-state index contributed by atoms with van der Waals surface area (Å²) in [6, 6.07) is 168. The van der Waals surface area contributed by atoms with Gasteiger partial charge in [-0.25, -0.2) is 29.9 Å². The van der Waals surface area contributed by atoms with Gasteiger partial charge in [0.1, 0.15) is 77.6 Å². The Hall–Kier alpha value is -19.2. The Morgan fingerprint density at radius 3 is 0.633 bits per heavy atom. The van der Waals surface area contributed by atoms with Gasteiger partial charge < -0.3 is 19.6 Å². The molecule has 0 saturated carbocycles. The number of rotatable bonds is 16. The highest BCUT2D eigenvalue weighted by Crippen LogP contribution is 2.54. The van der Waals surface area contributed by atoms with Gasteiger partial charge in [-0.1, -0.05) is 358 Å². The monoisotopic (exact) mass is 1940 g/mol. The highest BCUT2D eigenvalue weighted by atomic mass is 32.1. The van der Waals surface area contributed by atoms with Crippen LogP contribution in [-0.2, 0) is 0 Å². The molecule has 0 unspecified atom stereocenters. The Labute approximate surface area is 855 Å². The normalized spacial score (nSPS) is 11.5. The van der Waals surface area contributed by atoms with Crippen LogP contribution < -0.4 is 19.6 Å². The molecular formula is C128H80N16S3. The molecule has 0 amide bonds. The van der Waals surface area contributed by atoms with E-state index in [1.54, 1.807) is 0 Å². The summed E-state index contributed by atoms with van der Waals surface area (Å²) >= 11 is 3.66. The van der Waals surface area contributed by atoms with E-state index in [1.807, 2.05) is 84.9 Å². The molecule has 23 aromatic carbocycles. The summed E-state index contributed by atoms with van der Waals surface area (Å²) in [5, 5.41) is 11.1. The summed E-state index contributed by atoms with van der Waals surface area (Å²) in [5.41, 5.74) is 34.7. The average molecular weight is 1940 g/mol. The van der Waals surface area contributed by atoms with Crippen molar-refractivity contribution >= 4 is 257 Å². The molecule has 0 bridgehead atoms. The maximum Gasteiger partial charge on any atom is 0.133 e. The summed E-state index contributed by atoms with van der Waals surface area (Å²) in [6.07, 6.45) is 0. The molecule has 29 rings (SSSR count). The third kappa shape index (κ3) is 15.3. The van der Waals surface area contributed by atoms with Crippen LogP contribution in [0.3, 0.4) is 0 Å². The van der Waals surface area contributed by atoms with Crippen molar-refractivity contribution < 1.29 is 0 Å². The molecule has 0 radical (unpaired) electrons. The van der Waals surface area contributed by atoms with Crippen molar-refractivity contribution in [2.24, 2.45) is 0 Å². The van der Waals surface area contributed by atoms with Crippen LogP contribution in [0.4, 0.5) is 68.2 Å². The van der Waals surface area contributed by atoms with Crippen LogP contribution in [0.2, 0.25) is 0 Å². The first-order chi connectivity index (χ1) is 73.0. The van der Waals surface area contributed by atoms with E-state index in [4.69, 9.17) is 56.1 Å². The van der Waals surface area contributed by atoms with Gasteiger partial charge >= 0.3 is 0 Å². The van der Waals surface area contributed by atoms with Crippen molar-refractivity contribution in [3.63, 3.8) is 0 Å². The second kappa shape index (κ2) is 37.4. The zero-order chi connectivity index (χ0) is 97.2. The molecule has 6 aromatic heterocycles. The maximum absolute atomic E-state index is 5.69. The lowest BCUT2D eigenvalue weighted by Gasteiger charge is -2.30. The van der Waals surface area contributed by atoms with Gasteiger partial charge in [0, 0.05) is 106 Å². The lowest BCUT2D eigenvalue weighted by atomic mass is 9.93. The third-order valence-corrected chi connectivity index (χ3v) is 29.0. The van der Waals surface area contributed by atoms with Crippen molar-refractivity contribution in [1.82, 2.24) is 56.1 Å². The second-order valence-corrected chi connectivity index (χ2v) is 37.5. The van der Waals surface area contributed by atoms with E-state index in [-0.39, 0.29) is 0 Å². The SMILES string of the molecule is c1ccc(-c2c3nsnc3c(-c3ccccc3)c3nc4c(ccc5ccccc54)nc23)cc1.c1ccc(N(c2ccccc2)c2c3nsnc3c(N(c3ccccc3)c3ccccc3)c3nc4c5ccccc5c5ccccc5c4nc23)cc1.c1ccc(N(c2ccccc2)c2ccc(-c3c4nsnc4c(-c4ccc(N(c5ccccc5)c5ccccc5)cc4)c4nc5c6ccccc6c6ccccc6c5nc34)cc2)cc1. The first-order valence-electron chi connectivity index (χ1n) is 48.6. The van der Waals surface area contributed by atoms with E-state index in [0.29, 0.717) is 0 Å². The molecule has 0 N–H and O–H groups in total. The van der Waals surface area contributed by atoms with E-state index in [2.05, 4.69) is 420 Å². The van der Waals surface area contributed by atoms with Crippen LogP contribution in [0.25, 0.3) is 198 Å². The van der Waals surface area contributed by atoms with E-state index in [1.165, 1.54) is 35.2 Å². The molecular weight excluding hydrogens is 1860 g/mol. The predicted octanol–water partition coefficient (Wildman–Crippen LogP) is 34.7. The second-order valence-electron chi connectivity index (χ2n) is 35.9. The Kier molecular flexibility index (Phi) is 22.1. The third-order valence-electron chi connectivity index (χ3n) is 27.4. The van der Waals surface area contributed by atoms with Crippen molar-refractivity contribution in [3.05, 3.63) is 485 Å². The summed E-state index contributed by atoms with van der Waals surface area (Å²) in [6.45, 7) is 0. The number of hydrogen-bond donors (Lipinski definition) is 0. The van der Waals surface area contributed by atoms with Crippen LogP contribution in [0.15, 0.2) is 485 Å². The first kappa shape index (κ1) is 86.9. The smallest absolute Gasteiger partial charge is 0.133 e. The van der Waals surface area contributed by atoms with Crippen molar-refractivity contribution in [3.8, 4) is 44.5 Å². The Morgan fingerprint density at radius 1 is 0.129 bits per heavy atom. The lowest BCUT2D eigenvalue weighted by Crippen LogP contribution is -2.15. The van der Waals surface area contributed by atoms with Gasteiger partial charge in [-0.2, -0.15) is 26.2 Å². The van der Waals surface area contributed by atoms with Crippen molar-refractivity contribution in [1.29, 1.82) is 0 Å². The van der Waals surface area contributed by atoms with Crippen LogP contribution in [0, 0.1) is 0 Å². The van der Waals surface area contributed by atoms with Crippen LogP contribution in [0.5, 0.6) is 0 Å². The molecule has 6 heterocycles. The fraction of sp³-hybridized carbons (Fsp3) is 0. The molecule has 0 aliphatic rings. The number of hydrogen-bond acceptors (Lipinski definition) is 19. The van der Waals surface area contributed by atoms with Gasteiger partial charge in [0.15, 0.2) is 0 Å². The minimum Gasteiger partial charge on any atom is -0.311 e. The highest BCUT2D eigenvalue weighted by Gasteiger charge is 2.33. The average Bonchev–Trinajstić information content (AvgIpc) is 1.71. The molecule has 19 heteroatoms. The summed E-state index contributed by atoms with van der Waals surface area (Å²) in [4.78, 5) is 42.3. The molecule has 0 aliphatic heterocycles. The highest BCUT2D eigenvalue weighted by molar-refractivity contribution is 7.00. The fourth-order valence-electron chi connectivity index (χ4n) is 20.9. The fourth-order valence-corrected chi connectivity index (χ4v) is 22.6. The van der Waals surface area contributed by atoms with Gasteiger partial charge in [0.25, 0.3) is 0 Å². The zero-order valence-electron chi connectivity index (χ0n) is 78.6.